The summed E-state index contributed by atoms with van der Waals surface area (Å²) in [7, 11) is 1.34. The zero-order valence-corrected chi connectivity index (χ0v) is 19.4. The summed E-state index contributed by atoms with van der Waals surface area (Å²) in [6, 6.07) is 12.7. The molecule has 1 amide bonds. The summed E-state index contributed by atoms with van der Waals surface area (Å²) in [5, 5.41) is 4.02. The number of hydrogen-bond acceptors (Lipinski definition) is 6. The zero-order valence-electron chi connectivity index (χ0n) is 17.1. The smallest absolute Gasteiger partial charge is 0.337 e. The number of benzene rings is 2. The van der Waals surface area contributed by atoms with Crippen LogP contribution in [0.25, 0.3) is 0 Å². The molecule has 1 saturated heterocycles. The number of nitrogens with zero attached hydrogens (tertiary/aromatic N) is 1. The molecule has 0 saturated carbocycles. The minimum Gasteiger partial charge on any atom is -0.465 e. The van der Waals surface area contributed by atoms with Gasteiger partial charge in [0.2, 0.25) is 5.91 Å². The number of amides is 1. The van der Waals surface area contributed by atoms with Gasteiger partial charge in [-0.05, 0) is 35.9 Å². The minimum atomic E-state index is -0.397. The third-order valence-electron chi connectivity index (χ3n) is 4.77. The molecule has 9 heteroatoms. The van der Waals surface area contributed by atoms with Crippen LogP contribution in [0.1, 0.15) is 15.9 Å². The van der Waals surface area contributed by atoms with Gasteiger partial charge in [0.15, 0.2) is 0 Å². The largest absolute Gasteiger partial charge is 0.465 e. The van der Waals surface area contributed by atoms with Crippen molar-refractivity contribution < 1.29 is 19.1 Å². The highest BCUT2D eigenvalue weighted by Crippen LogP contribution is 2.24. The van der Waals surface area contributed by atoms with E-state index in [0.717, 1.165) is 30.1 Å². The normalized spacial score (nSPS) is 16.7. The first-order chi connectivity index (χ1) is 14.9. The molecular weight excluding hydrogens is 459 g/mol. The van der Waals surface area contributed by atoms with Gasteiger partial charge in [0.05, 0.1) is 41.2 Å². The zero-order chi connectivity index (χ0) is 22.2. The van der Waals surface area contributed by atoms with Crippen LogP contribution < -0.4 is 5.32 Å². The molecule has 6 nitrogen and oxygen atoms in total. The van der Waals surface area contributed by atoms with Gasteiger partial charge in [0.25, 0.3) is 0 Å². The highest BCUT2D eigenvalue weighted by Gasteiger charge is 2.21. The number of carbonyl (C=O) groups excluding carboxylic acids is 2. The summed E-state index contributed by atoms with van der Waals surface area (Å²) in [5.41, 5.74) is 1.55. The van der Waals surface area contributed by atoms with Gasteiger partial charge in [-0.25, -0.2) is 4.79 Å². The van der Waals surface area contributed by atoms with Crippen LogP contribution >= 0.6 is 35.0 Å². The molecule has 1 atom stereocenters. The number of carbonyl (C=O) groups is 2. The van der Waals surface area contributed by atoms with Crippen LogP contribution in [0.5, 0.6) is 0 Å². The molecule has 0 unspecified atom stereocenters. The van der Waals surface area contributed by atoms with Crippen LogP contribution in [0.15, 0.2) is 47.4 Å². The van der Waals surface area contributed by atoms with Crippen molar-refractivity contribution in [3.8, 4) is 0 Å². The molecule has 0 aromatic heterocycles. The molecule has 3 rings (SSSR count). The van der Waals surface area contributed by atoms with E-state index in [9.17, 15) is 9.59 Å². The van der Waals surface area contributed by atoms with E-state index in [1.54, 1.807) is 24.3 Å². The third-order valence-corrected chi connectivity index (χ3v) is 6.50. The summed E-state index contributed by atoms with van der Waals surface area (Å²) in [5.74, 6) is -0.227. The molecular formula is C22H24Cl2N2O4S. The lowest BCUT2D eigenvalue weighted by molar-refractivity contribution is -0.119. The summed E-state index contributed by atoms with van der Waals surface area (Å²) >= 11 is 13.5. The van der Waals surface area contributed by atoms with Crippen molar-refractivity contribution in [2.24, 2.45) is 0 Å². The number of methoxy groups -OCH3 is 1. The predicted octanol–water partition coefficient (Wildman–Crippen LogP) is 3.89. The standard InChI is InChI=1S/C22H24Cl2N2O4S/c1-29-22(28)16-3-2-4-18(10-16)31-14-21(27)25-11-17-13-26(7-8-30-17)12-15-5-6-19(23)20(24)9-15/h2-6,9-10,17H,7-8,11-14H2,1H3,(H,25,27)/t17-/m0/s1. The van der Waals surface area contributed by atoms with Crippen LogP contribution in [0.3, 0.4) is 0 Å². The summed E-state index contributed by atoms with van der Waals surface area (Å²) in [6.07, 6.45) is -0.0758. The van der Waals surface area contributed by atoms with Crippen molar-refractivity contribution in [1.29, 1.82) is 0 Å². The van der Waals surface area contributed by atoms with Crippen LogP contribution in [-0.4, -0.2) is 62.0 Å². The fourth-order valence-corrected chi connectivity index (χ4v) is 4.31. The second-order valence-corrected chi connectivity index (χ2v) is 8.95. The molecule has 0 radical (unpaired) electrons. The Bertz CT molecular complexity index is 928. The Morgan fingerprint density at radius 1 is 1.23 bits per heavy atom. The molecule has 0 bridgehead atoms. The predicted molar refractivity (Wildman–Crippen MR) is 123 cm³/mol. The van der Waals surface area contributed by atoms with Gasteiger partial charge in [-0.2, -0.15) is 0 Å². The number of halogens is 2. The fourth-order valence-electron chi connectivity index (χ4n) is 3.20. The Morgan fingerprint density at radius 3 is 2.84 bits per heavy atom. The monoisotopic (exact) mass is 482 g/mol. The number of thioether (sulfide) groups is 1. The molecule has 1 aliphatic rings. The number of esters is 1. The van der Waals surface area contributed by atoms with Gasteiger partial charge in [-0.15, -0.1) is 11.8 Å². The molecule has 1 N–H and O–H groups in total. The van der Waals surface area contributed by atoms with Gasteiger partial charge in [-0.1, -0.05) is 35.3 Å². The van der Waals surface area contributed by atoms with E-state index < -0.39 is 5.97 Å². The summed E-state index contributed by atoms with van der Waals surface area (Å²) in [6.45, 7) is 3.33. The van der Waals surface area contributed by atoms with Crippen molar-refractivity contribution in [3.05, 3.63) is 63.6 Å². The lowest BCUT2D eigenvalue weighted by atomic mass is 10.2. The van der Waals surface area contributed by atoms with Crippen LogP contribution in [0.4, 0.5) is 0 Å². The van der Waals surface area contributed by atoms with E-state index in [4.69, 9.17) is 32.7 Å². The Hall–Kier alpha value is -1.77. The second kappa shape index (κ2) is 11.7. The van der Waals surface area contributed by atoms with Gasteiger partial charge in [0, 0.05) is 31.1 Å². The molecule has 0 spiro atoms. The average molecular weight is 483 g/mol. The highest BCUT2D eigenvalue weighted by molar-refractivity contribution is 8.00. The first-order valence-corrected chi connectivity index (χ1v) is 11.5. The number of morpholine rings is 1. The topological polar surface area (TPSA) is 67.9 Å². The maximum absolute atomic E-state index is 12.3. The second-order valence-electron chi connectivity index (χ2n) is 7.09. The average Bonchev–Trinajstić information content (AvgIpc) is 2.78. The first kappa shape index (κ1) is 23.9. The SMILES string of the molecule is COC(=O)c1cccc(SCC(=O)NC[C@H]2CN(Cc3ccc(Cl)c(Cl)c3)CCO2)c1. The minimum absolute atomic E-state index is 0.0758. The van der Waals surface area contributed by atoms with Crippen molar-refractivity contribution in [2.75, 3.05) is 39.1 Å². The van der Waals surface area contributed by atoms with Crippen molar-refractivity contribution in [1.82, 2.24) is 10.2 Å². The van der Waals surface area contributed by atoms with Crippen LogP contribution in [0, 0.1) is 0 Å². The Morgan fingerprint density at radius 2 is 2.06 bits per heavy atom. The summed E-state index contributed by atoms with van der Waals surface area (Å²) < 4.78 is 10.5. The van der Waals surface area contributed by atoms with Crippen molar-refractivity contribution in [3.63, 3.8) is 0 Å². The van der Waals surface area contributed by atoms with Gasteiger partial charge in [0.1, 0.15) is 0 Å². The Kier molecular flexibility index (Phi) is 9.04. The Balaban J connectivity index is 1.42. The molecule has 1 heterocycles. The number of hydrogen-bond donors (Lipinski definition) is 1. The third kappa shape index (κ3) is 7.40. The molecule has 166 valence electrons. The van der Waals surface area contributed by atoms with Crippen molar-refractivity contribution >= 4 is 46.8 Å². The molecule has 0 aliphatic carbocycles. The molecule has 31 heavy (non-hydrogen) atoms. The van der Waals surface area contributed by atoms with E-state index in [2.05, 4.69) is 10.2 Å². The lowest BCUT2D eigenvalue weighted by Gasteiger charge is -2.33. The van der Waals surface area contributed by atoms with Gasteiger partial charge in [-0.3, -0.25) is 9.69 Å². The van der Waals surface area contributed by atoms with Crippen molar-refractivity contribution in [2.45, 2.75) is 17.5 Å². The molecule has 1 fully saturated rings. The Labute approximate surface area is 196 Å². The van der Waals surface area contributed by atoms with E-state index >= 15 is 0 Å². The van der Waals surface area contributed by atoms with Crippen LogP contribution in [0.2, 0.25) is 10.0 Å². The van der Waals surface area contributed by atoms with E-state index in [0.29, 0.717) is 28.8 Å². The highest BCUT2D eigenvalue weighted by atomic mass is 35.5. The molecule has 2 aromatic rings. The first-order valence-electron chi connectivity index (χ1n) is 9.80. The number of rotatable bonds is 8. The van der Waals surface area contributed by atoms with E-state index in [1.165, 1.54) is 18.9 Å². The maximum Gasteiger partial charge on any atom is 0.337 e. The maximum atomic E-state index is 12.3. The van der Waals surface area contributed by atoms with E-state index in [-0.39, 0.29) is 17.8 Å². The number of nitrogens with one attached hydrogen (secondary N) is 1. The van der Waals surface area contributed by atoms with Crippen LogP contribution in [-0.2, 0) is 20.8 Å². The summed E-state index contributed by atoms with van der Waals surface area (Å²) in [4.78, 5) is 27.0. The number of ether oxygens (including phenoxy) is 2. The molecule has 2 aromatic carbocycles. The van der Waals surface area contributed by atoms with E-state index in [1.807, 2.05) is 18.2 Å². The van der Waals surface area contributed by atoms with Gasteiger partial charge < -0.3 is 14.8 Å². The lowest BCUT2D eigenvalue weighted by Crippen LogP contribution is -2.47. The quantitative estimate of drug-likeness (QED) is 0.454. The van der Waals surface area contributed by atoms with Gasteiger partial charge >= 0.3 is 5.97 Å². The molecule has 1 aliphatic heterocycles. The fraction of sp³-hybridized carbons (Fsp3) is 0.364.